The molecule has 1 amide bonds. The van der Waals surface area contributed by atoms with Gasteiger partial charge in [0, 0.05) is 12.3 Å². The number of nitrogens with one attached hydrogen (secondary N) is 1. The molecule has 0 spiro atoms. The lowest BCUT2D eigenvalue weighted by Gasteiger charge is -2.15. The number of carbonyl (C=O) groups excluding carboxylic acids is 1. The van der Waals surface area contributed by atoms with E-state index in [2.05, 4.69) is 15.4 Å². The number of ether oxygens (including phenoxy) is 1. The van der Waals surface area contributed by atoms with E-state index in [0.29, 0.717) is 17.8 Å². The van der Waals surface area contributed by atoms with Crippen LogP contribution in [0.25, 0.3) is 5.82 Å². The quantitative estimate of drug-likeness (QED) is 0.677. The monoisotopic (exact) mass is 386 g/mol. The van der Waals surface area contributed by atoms with Gasteiger partial charge in [-0.25, -0.2) is 18.4 Å². The van der Waals surface area contributed by atoms with Crippen molar-refractivity contribution >= 4 is 5.91 Å². The van der Waals surface area contributed by atoms with E-state index in [9.17, 15) is 13.6 Å². The summed E-state index contributed by atoms with van der Waals surface area (Å²) in [4.78, 5) is 16.9. The molecule has 146 valence electrons. The summed E-state index contributed by atoms with van der Waals surface area (Å²) in [6, 6.07) is 8.13. The van der Waals surface area contributed by atoms with Gasteiger partial charge in [0.1, 0.15) is 12.4 Å². The molecule has 3 rings (SSSR count). The van der Waals surface area contributed by atoms with Crippen LogP contribution in [0.15, 0.2) is 48.8 Å². The summed E-state index contributed by atoms with van der Waals surface area (Å²) in [7, 11) is 0. The molecule has 0 fully saturated rings. The van der Waals surface area contributed by atoms with Crippen molar-refractivity contribution in [2.45, 2.75) is 26.3 Å². The second kappa shape index (κ2) is 8.60. The molecule has 28 heavy (non-hydrogen) atoms. The van der Waals surface area contributed by atoms with Gasteiger partial charge in [-0.3, -0.25) is 4.79 Å². The van der Waals surface area contributed by atoms with E-state index in [-0.39, 0.29) is 18.3 Å². The Bertz CT molecular complexity index is 960. The average molecular weight is 386 g/mol. The Morgan fingerprint density at radius 1 is 1.29 bits per heavy atom. The molecule has 8 heteroatoms. The average Bonchev–Trinajstić information content (AvgIpc) is 3.12. The maximum absolute atomic E-state index is 13.6. The van der Waals surface area contributed by atoms with Gasteiger partial charge in [0.15, 0.2) is 17.4 Å². The highest BCUT2D eigenvalue weighted by molar-refractivity contribution is 5.95. The molecule has 0 saturated heterocycles. The summed E-state index contributed by atoms with van der Waals surface area (Å²) in [6.07, 6.45) is 3.74. The first-order chi connectivity index (χ1) is 13.5. The number of nitrogens with zero attached hydrogens (tertiary/aromatic N) is 3. The number of rotatable bonds is 7. The summed E-state index contributed by atoms with van der Waals surface area (Å²) < 4.78 is 33.5. The highest BCUT2D eigenvalue weighted by Crippen LogP contribution is 2.18. The van der Waals surface area contributed by atoms with Crippen molar-refractivity contribution in [3.63, 3.8) is 0 Å². The Kier molecular flexibility index (Phi) is 5.98. The van der Waals surface area contributed by atoms with Gasteiger partial charge in [0.25, 0.3) is 5.91 Å². The summed E-state index contributed by atoms with van der Waals surface area (Å²) in [5.41, 5.74) is 1.17. The zero-order chi connectivity index (χ0) is 20.1. The van der Waals surface area contributed by atoms with Crippen LogP contribution >= 0.6 is 0 Å². The molecule has 6 nitrogen and oxygen atoms in total. The van der Waals surface area contributed by atoms with Crippen LogP contribution in [-0.2, 0) is 6.42 Å². The van der Waals surface area contributed by atoms with Crippen molar-refractivity contribution in [2.24, 2.45) is 0 Å². The zero-order valence-electron chi connectivity index (χ0n) is 15.5. The third kappa shape index (κ3) is 4.33. The molecule has 0 radical (unpaired) electrons. The van der Waals surface area contributed by atoms with Crippen molar-refractivity contribution in [3.05, 3.63) is 71.7 Å². The van der Waals surface area contributed by atoms with Gasteiger partial charge in [-0.2, -0.15) is 5.10 Å². The van der Waals surface area contributed by atoms with Gasteiger partial charge in [0.2, 0.25) is 0 Å². The molecule has 0 aliphatic carbocycles. The molecule has 1 atom stereocenters. The van der Waals surface area contributed by atoms with E-state index in [1.165, 1.54) is 12.3 Å². The first-order valence-electron chi connectivity index (χ1n) is 8.86. The van der Waals surface area contributed by atoms with Crippen LogP contribution in [0.2, 0.25) is 0 Å². The maximum atomic E-state index is 13.6. The van der Waals surface area contributed by atoms with Gasteiger partial charge in [-0.05, 0) is 37.6 Å². The van der Waals surface area contributed by atoms with Crippen molar-refractivity contribution in [1.29, 1.82) is 0 Å². The minimum atomic E-state index is -0.788. The highest BCUT2D eigenvalue weighted by Gasteiger charge is 2.19. The van der Waals surface area contributed by atoms with Gasteiger partial charge in [-0.1, -0.05) is 13.0 Å². The number of pyridine rings is 1. The molecule has 2 heterocycles. The van der Waals surface area contributed by atoms with Gasteiger partial charge >= 0.3 is 0 Å². The number of aromatic nitrogens is 3. The van der Waals surface area contributed by atoms with Gasteiger partial charge in [0.05, 0.1) is 23.5 Å². The minimum absolute atomic E-state index is 0.0319. The summed E-state index contributed by atoms with van der Waals surface area (Å²) >= 11 is 0. The molecule has 1 unspecified atom stereocenters. The number of hydrogen-bond donors (Lipinski definition) is 1. The molecule has 0 aliphatic rings. The third-order valence-corrected chi connectivity index (χ3v) is 4.07. The lowest BCUT2D eigenvalue weighted by Crippen LogP contribution is -2.37. The van der Waals surface area contributed by atoms with E-state index < -0.39 is 17.7 Å². The van der Waals surface area contributed by atoms with Crippen molar-refractivity contribution in [2.75, 3.05) is 6.61 Å². The minimum Gasteiger partial charge on any atom is -0.488 e. The van der Waals surface area contributed by atoms with Gasteiger partial charge < -0.3 is 10.1 Å². The predicted octanol–water partition coefficient (Wildman–Crippen LogP) is 3.31. The Morgan fingerprint density at radius 3 is 2.79 bits per heavy atom. The topological polar surface area (TPSA) is 69.0 Å². The number of carbonyl (C=O) groups is 1. The fourth-order valence-electron chi connectivity index (χ4n) is 2.73. The van der Waals surface area contributed by atoms with E-state index in [1.807, 2.05) is 19.1 Å². The highest BCUT2D eigenvalue weighted by atomic mass is 19.1. The molecule has 1 N–H and O–H groups in total. The summed E-state index contributed by atoms with van der Waals surface area (Å²) in [5, 5.41) is 7.08. The van der Waals surface area contributed by atoms with Crippen LogP contribution in [0.4, 0.5) is 8.78 Å². The fourth-order valence-corrected chi connectivity index (χ4v) is 2.73. The zero-order valence-corrected chi connectivity index (χ0v) is 15.5. The third-order valence-electron chi connectivity index (χ3n) is 4.07. The van der Waals surface area contributed by atoms with Crippen LogP contribution in [0, 0.1) is 11.6 Å². The number of halogens is 2. The Hall–Kier alpha value is -3.29. The van der Waals surface area contributed by atoms with E-state index >= 15 is 0 Å². The number of benzene rings is 1. The first kappa shape index (κ1) is 19.5. The fraction of sp³-hybridized carbons (Fsp3) is 0.250. The van der Waals surface area contributed by atoms with Crippen LogP contribution < -0.4 is 10.1 Å². The summed E-state index contributed by atoms with van der Waals surface area (Å²) in [5.74, 6) is -1.22. The predicted molar refractivity (Wildman–Crippen MR) is 99.5 cm³/mol. The maximum Gasteiger partial charge on any atom is 0.255 e. The molecule has 3 aromatic rings. The molecule has 0 saturated carbocycles. The van der Waals surface area contributed by atoms with E-state index in [4.69, 9.17) is 4.74 Å². The molecule has 0 aliphatic heterocycles. The lowest BCUT2D eigenvalue weighted by atomic mass is 10.2. The molecule has 2 aromatic heterocycles. The standard InChI is InChI=1S/C20H20F2N4O2/c1-3-17-15(11-24-26(17)19-6-4-5-9-23-19)20(27)25-13(2)12-28-18-8-7-14(21)10-16(18)22/h4-11,13H,3,12H2,1-2H3,(H,25,27). The van der Waals surface area contributed by atoms with E-state index in [1.54, 1.807) is 23.9 Å². The van der Waals surface area contributed by atoms with Crippen LogP contribution in [0.3, 0.4) is 0 Å². The van der Waals surface area contributed by atoms with Gasteiger partial charge in [-0.15, -0.1) is 0 Å². The molecular formula is C20H20F2N4O2. The van der Waals surface area contributed by atoms with Crippen LogP contribution in [0.5, 0.6) is 5.75 Å². The Morgan fingerprint density at radius 2 is 2.11 bits per heavy atom. The Labute approximate surface area is 161 Å². The lowest BCUT2D eigenvalue weighted by molar-refractivity contribution is 0.0925. The second-order valence-electron chi connectivity index (χ2n) is 6.22. The largest absolute Gasteiger partial charge is 0.488 e. The number of amides is 1. The van der Waals surface area contributed by atoms with Crippen molar-refractivity contribution in [1.82, 2.24) is 20.1 Å². The van der Waals surface area contributed by atoms with Crippen molar-refractivity contribution < 1.29 is 18.3 Å². The molecule has 0 bridgehead atoms. The first-order valence-corrected chi connectivity index (χ1v) is 8.86. The van der Waals surface area contributed by atoms with Crippen LogP contribution in [0.1, 0.15) is 29.9 Å². The molecular weight excluding hydrogens is 366 g/mol. The normalized spacial score (nSPS) is 11.9. The number of hydrogen-bond acceptors (Lipinski definition) is 4. The summed E-state index contributed by atoms with van der Waals surface area (Å²) in [6.45, 7) is 3.69. The Balaban J connectivity index is 1.66. The van der Waals surface area contributed by atoms with E-state index in [0.717, 1.165) is 17.8 Å². The van der Waals surface area contributed by atoms with Crippen LogP contribution in [-0.4, -0.2) is 33.3 Å². The SMILES string of the molecule is CCc1c(C(=O)NC(C)COc2ccc(F)cc2F)cnn1-c1ccccn1. The molecule has 1 aromatic carbocycles. The second-order valence-corrected chi connectivity index (χ2v) is 6.22. The van der Waals surface area contributed by atoms with Crippen molar-refractivity contribution in [3.8, 4) is 11.6 Å². The smallest absolute Gasteiger partial charge is 0.255 e.